The maximum absolute atomic E-state index is 6.05. The van der Waals surface area contributed by atoms with Gasteiger partial charge in [-0.15, -0.1) is 0 Å². The van der Waals surface area contributed by atoms with Gasteiger partial charge in [-0.05, 0) is 41.9 Å². The lowest BCUT2D eigenvalue weighted by Gasteiger charge is -2.29. The van der Waals surface area contributed by atoms with Crippen molar-refractivity contribution < 1.29 is 4.74 Å². The summed E-state index contributed by atoms with van der Waals surface area (Å²) in [5.41, 5.74) is 0. The highest BCUT2D eigenvalue weighted by atomic mass is 79.9. The van der Waals surface area contributed by atoms with Crippen LogP contribution in [0, 0.1) is 0 Å². The van der Waals surface area contributed by atoms with Gasteiger partial charge in [0.05, 0.1) is 0 Å². The fraction of sp³-hybridized carbons (Fsp3) is 0.545. The molecular formula is C11H14BrClN2O. The van der Waals surface area contributed by atoms with E-state index in [0.717, 1.165) is 30.4 Å². The van der Waals surface area contributed by atoms with Crippen molar-refractivity contribution >= 4 is 27.5 Å². The van der Waals surface area contributed by atoms with Crippen molar-refractivity contribution in [2.24, 2.45) is 0 Å². The smallest absolute Gasteiger partial charge is 0.232 e. The van der Waals surface area contributed by atoms with Crippen LogP contribution >= 0.6 is 27.5 Å². The molecule has 0 aromatic carbocycles. The zero-order valence-electron chi connectivity index (χ0n) is 9.12. The van der Waals surface area contributed by atoms with Crippen LogP contribution in [0.2, 0.25) is 5.02 Å². The highest BCUT2D eigenvalue weighted by molar-refractivity contribution is 9.10. The number of hydrogen-bond donors (Lipinski definition) is 0. The molecule has 3 nitrogen and oxygen atoms in total. The lowest BCUT2D eigenvalue weighted by molar-refractivity contribution is 0.110. The highest BCUT2D eigenvalue weighted by Gasteiger charge is 2.19. The second-order valence-electron chi connectivity index (χ2n) is 4.06. The van der Waals surface area contributed by atoms with Gasteiger partial charge in [-0.1, -0.05) is 11.6 Å². The molecule has 1 aromatic heterocycles. The van der Waals surface area contributed by atoms with E-state index in [2.05, 4.69) is 32.9 Å². The van der Waals surface area contributed by atoms with Gasteiger partial charge in [0, 0.05) is 23.8 Å². The Bertz CT molecular complexity index is 367. The van der Waals surface area contributed by atoms with Gasteiger partial charge in [0.15, 0.2) is 0 Å². The molecule has 1 saturated heterocycles. The van der Waals surface area contributed by atoms with E-state index in [4.69, 9.17) is 16.3 Å². The Labute approximate surface area is 109 Å². The number of hydrogen-bond acceptors (Lipinski definition) is 3. The molecule has 0 amide bonds. The lowest BCUT2D eigenvalue weighted by Crippen LogP contribution is -2.35. The molecular weight excluding hydrogens is 291 g/mol. The Kier molecular flexibility index (Phi) is 4.05. The fourth-order valence-corrected chi connectivity index (χ4v) is 2.42. The van der Waals surface area contributed by atoms with Crippen LogP contribution in [-0.2, 0) is 0 Å². The molecule has 0 aliphatic carbocycles. The fourth-order valence-electron chi connectivity index (χ4n) is 1.75. The second-order valence-corrected chi connectivity index (χ2v) is 5.38. The van der Waals surface area contributed by atoms with Gasteiger partial charge >= 0.3 is 0 Å². The summed E-state index contributed by atoms with van der Waals surface area (Å²) < 4.78 is 6.67. The second kappa shape index (κ2) is 5.34. The van der Waals surface area contributed by atoms with E-state index in [9.17, 15) is 0 Å². The third kappa shape index (κ3) is 3.09. The Morgan fingerprint density at radius 1 is 1.50 bits per heavy atom. The van der Waals surface area contributed by atoms with Crippen LogP contribution < -0.4 is 4.74 Å². The molecule has 1 fully saturated rings. The van der Waals surface area contributed by atoms with Crippen LogP contribution in [0.5, 0.6) is 5.88 Å². The lowest BCUT2D eigenvalue weighted by atomic mass is 10.1. The molecule has 88 valence electrons. The quantitative estimate of drug-likeness (QED) is 0.840. The average molecular weight is 306 g/mol. The third-order valence-corrected chi connectivity index (χ3v) is 3.42. The number of piperidine rings is 1. The van der Waals surface area contributed by atoms with Gasteiger partial charge in [-0.2, -0.15) is 0 Å². The van der Waals surface area contributed by atoms with Crippen molar-refractivity contribution in [1.29, 1.82) is 0 Å². The van der Waals surface area contributed by atoms with E-state index in [1.165, 1.54) is 0 Å². The Morgan fingerprint density at radius 2 is 2.19 bits per heavy atom. The van der Waals surface area contributed by atoms with Crippen molar-refractivity contribution in [3.63, 3.8) is 0 Å². The van der Waals surface area contributed by atoms with Crippen molar-refractivity contribution in [3.8, 4) is 5.88 Å². The van der Waals surface area contributed by atoms with Crippen molar-refractivity contribution in [2.45, 2.75) is 18.9 Å². The minimum atomic E-state index is 0.238. The normalized spacial score (nSPS) is 18.7. The third-order valence-electron chi connectivity index (χ3n) is 2.72. The molecule has 0 spiro atoms. The molecule has 0 atom stereocenters. The maximum atomic E-state index is 6.05. The molecule has 1 aromatic rings. The van der Waals surface area contributed by atoms with Crippen LogP contribution in [0.3, 0.4) is 0 Å². The molecule has 0 bridgehead atoms. The monoisotopic (exact) mass is 304 g/mol. The molecule has 16 heavy (non-hydrogen) atoms. The van der Waals surface area contributed by atoms with Crippen LogP contribution in [0.1, 0.15) is 12.8 Å². The van der Waals surface area contributed by atoms with E-state index < -0.39 is 0 Å². The van der Waals surface area contributed by atoms with Crippen molar-refractivity contribution in [2.75, 3.05) is 20.1 Å². The first-order valence-corrected chi connectivity index (χ1v) is 6.48. The minimum absolute atomic E-state index is 0.238. The van der Waals surface area contributed by atoms with E-state index in [1.54, 1.807) is 12.3 Å². The zero-order valence-corrected chi connectivity index (χ0v) is 11.5. The Balaban J connectivity index is 1.98. The molecule has 0 saturated carbocycles. The highest BCUT2D eigenvalue weighted by Crippen LogP contribution is 2.27. The number of pyridine rings is 1. The molecule has 0 N–H and O–H groups in total. The number of rotatable bonds is 2. The van der Waals surface area contributed by atoms with Crippen molar-refractivity contribution in [1.82, 2.24) is 9.88 Å². The largest absolute Gasteiger partial charge is 0.473 e. The molecule has 0 radical (unpaired) electrons. The van der Waals surface area contributed by atoms with Gasteiger partial charge in [0.1, 0.15) is 11.1 Å². The van der Waals surface area contributed by atoms with Crippen molar-refractivity contribution in [3.05, 3.63) is 21.8 Å². The van der Waals surface area contributed by atoms with Gasteiger partial charge < -0.3 is 9.64 Å². The summed E-state index contributed by atoms with van der Waals surface area (Å²) in [7, 11) is 2.13. The number of likely N-dealkylation sites (tertiary alicyclic amines) is 1. The summed E-state index contributed by atoms with van der Waals surface area (Å²) in [6, 6.07) is 1.80. The molecule has 2 heterocycles. The van der Waals surface area contributed by atoms with E-state index in [-0.39, 0.29) is 6.10 Å². The number of nitrogens with zero attached hydrogens (tertiary/aromatic N) is 2. The van der Waals surface area contributed by atoms with Crippen LogP contribution in [0.15, 0.2) is 16.7 Å². The van der Waals surface area contributed by atoms with Gasteiger partial charge in [0.25, 0.3) is 0 Å². The molecule has 2 rings (SSSR count). The topological polar surface area (TPSA) is 25.4 Å². The molecule has 1 aliphatic heterocycles. The number of aromatic nitrogens is 1. The van der Waals surface area contributed by atoms with Crippen LogP contribution in [0.4, 0.5) is 0 Å². The first-order valence-electron chi connectivity index (χ1n) is 5.31. The van der Waals surface area contributed by atoms with Gasteiger partial charge in [-0.25, -0.2) is 4.98 Å². The summed E-state index contributed by atoms with van der Waals surface area (Å²) in [6.45, 7) is 2.14. The Hall–Kier alpha value is -0.320. The summed E-state index contributed by atoms with van der Waals surface area (Å²) in [5, 5.41) is 0.563. The van der Waals surface area contributed by atoms with E-state index in [1.807, 2.05) is 0 Å². The summed E-state index contributed by atoms with van der Waals surface area (Å²) in [4.78, 5) is 6.48. The minimum Gasteiger partial charge on any atom is -0.473 e. The molecule has 0 unspecified atom stereocenters. The summed E-state index contributed by atoms with van der Waals surface area (Å²) >= 11 is 9.37. The first kappa shape index (κ1) is 12.1. The standard InChI is InChI=1S/C11H14BrClN2O/c1-15-4-2-9(3-5-15)16-11-10(13)6-8(12)7-14-11/h6-7,9H,2-5H2,1H3. The Morgan fingerprint density at radius 3 is 2.81 bits per heavy atom. The zero-order chi connectivity index (χ0) is 11.5. The summed E-state index contributed by atoms with van der Waals surface area (Å²) in [6.07, 6.45) is 4.01. The predicted molar refractivity (Wildman–Crippen MR) is 68.1 cm³/mol. The van der Waals surface area contributed by atoms with E-state index in [0.29, 0.717) is 10.9 Å². The van der Waals surface area contributed by atoms with Gasteiger partial charge in [-0.3, -0.25) is 0 Å². The van der Waals surface area contributed by atoms with Gasteiger partial charge in [0.2, 0.25) is 5.88 Å². The van der Waals surface area contributed by atoms with Crippen LogP contribution in [0.25, 0.3) is 0 Å². The summed E-state index contributed by atoms with van der Waals surface area (Å²) in [5.74, 6) is 0.541. The molecule has 1 aliphatic rings. The molecule has 5 heteroatoms. The maximum Gasteiger partial charge on any atom is 0.232 e. The first-order chi connectivity index (χ1) is 7.65. The predicted octanol–water partition coefficient (Wildman–Crippen LogP) is 2.97. The number of ether oxygens (including phenoxy) is 1. The SMILES string of the molecule is CN1CCC(Oc2ncc(Br)cc2Cl)CC1. The van der Waals surface area contributed by atoms with Crippen LogP contribution in [-0.4, -0.2) is 36.1 Å². The number of halogens is 2. The average Bonchev–Trinajstić information content (AvgIpc) is 2.25. The van der Waals surface area contributed by atoms with E-state index >= 15 is 0 Å².